The Morgan fingerprint density at radius 2 is 1.86 bits per heavy atom. The fourth-order valence-corrected chi connectivity index (χ4v) is 1.82. The number of carbonyl (C=O) groups excluding carboxylic acids is 1. The molecule has 0 atom stereocenters. The zero-order valence-corrected chi connectivity index (χ0v) is 12.0. The number of nitro benzene ring substituents is 1. The number of hydrogen-bond donors (Lipinski definition) is 0. The minimum absolute atomic E-state index is 0.0374. The Bertz CT molecular complexity index is 689. The SMILES string of the molecule is O=C(OCc1ccc([N+](=O)[O-])cc1)c1nc(Cl)ccc1Cl. The Labute approximate surface area is 129 Å². The van der Waals surface area contributed by atoms with Crippen LogP contribution in [0.1, 0.15) is 16.1 Å². The van der Waals surface area contributed by atoms with E-state index < -0.39 is 10.9 Å². The summed E-state index contributed by atoms with van der Waals surface area (Å²) in [5, 5.41) is 10.8. The summed E-state index contributed by atoms with van der Waals surface area (Å²) in [5.74, 6) is -0.721. The van der Waals surface area contributed by atoms with Crippen molar-refractivity contribution >= 4 is 34.9 Å². The molecule has 0 saturated carbocycles. The zero-order valence-electron chi connectivity index (χ0n) is 10.5. The lowest BCUT2D eigenvalue weighted by Gasteiger charge is -2.06. The molecule has 0 bridgehead atoms. The van der Waals surface area contributed by atoms with Crippen LogP contribution in [0.5, 0.6) is 0 Å². The van der Waals surface area contributed by atoms with Crippen molar-refractivity contribution in [3.63, 3.8) is 0 Å². The molecule has 0 radical (unpaired) electrons. The molecule has 0 fully saturated rings. The normalized spacial score (nSPS) is 10.2. The van der Waals surface area contributed by atoms with Gasteiger partial charge in [-0.2, -0.15) is 0 Å². The lowest BCUT2D eigenvalue weighted by atomic mass is 10.2. The van der Waals surface area contributed by atoms with Gasteiger partial charge in [0.2, 0.25) is 0 Å². The average molecular weight is 327 g/mol. The van der Waals surface area contributed by atoms with Gasteiger partial charge in [0.05, 0.1) is 9.95 Å². The molecule has 1 aromatic heterocycles. The predicted molar refractivity (Wildman–Crippen MR) is 76.5 cm³/mol. The summed E-state index contributed by atoms with van der Waals surface area (Å²) in [6.07, 6.45) is 0. The summed E-state index contributed by atoms with van der Waals surface area (Å²) in [4.78, 5) is 25.6. The number of halogens is 2. The van der Waals surface area contributed by atoms with Crippen molar-refractivity contribution in [2.45, 2.75) is 6.61 Å². The van der Waals surface area contributed by atoms with Crippen LogP contribution in [0.4, 0.5) is 5.69 Å². The van der Waals surface area contributed by atoms with Crippen LogP contribution in [0.15, 0.2) is 36.4 Å². The molecule has 0 aliphatic heterocycles. The van der Waals surface area contributed by atoms with Gasteiger partial charge in [-0.3, -0.25) is 10.1 Å². The summed E-state index contributed by atoms with van der Waals surface area (Å²) >= 11 is 11.5. The van der Waals surface area contributed by atoms with Crippen LogP contribution < -0.4 is 0 Å². The van der Waals surface area contributed by atoms with Crippen molar-refractivity contribution in [1.82, 2.24) is 4.98 Å². The van der Waals surface area contributed by atoms with Crippen molar-refractivity contribution in [2.75, 3.05) is 0 Å². The highest BCUT2D eigenvalue weighted by atomic mass is 35.5. The Morgan fingerprint density at radius 1 is 1.19 bits per heavy atom. The maximum absolute atomic E-state index is 11.8. The number of esters is 1. The van der Waals surface area contributed by atoms with Crippen LogP contribution in [-0.2, 0) is 11.3 Å². The van der Waals surface area contributed by atoms with Crippen molar-refractivity contribution in [3.05, 3.63) is 67.9 Å². The van der Waals surface area contributed by atoms with Crippen LogP contribution in [-0.4, -0.2) is 15.9 Å². The number of rotatable bonds is 4. The van der Waals surface area contributed by atoms with Gasteiger partial charge in [0.25, 0.3) is 5.69 Å². The Hall–Kier alpha value is -2.18. The quantitative estimate of drug-likeness (QED) is 0.370. The van der Waals surface area contributed by atoms with Gasteiger partial charge in [-0.1, -0.05) is 23.2 Å². The average Bonchev–Trinajstić information content (AvgIpc) is 2.47. The maximum Gasteiger partial charge on any atom is 0.358 e. The molecular formula is C13H8Cl2N2O4. The molecule has 0 unspecified atom stereocenters. The van der Waals surface area contributed by atoms with Crippen LogP contribution >= 0.6 is 23.2 Å². The summed E-state index contributed by atoms with van der Waals surface area (Å²) < 4.78 is 5.04. The fraction of sp³-hybridized carbons (Fsp3) is 0.0769. The van der Waals surface area contributed by atoms with Gasteiger partial charge >= 0.3 is 5.97 Å². The van der Waals surface area contributed by atoms with E-state index in [1.54, 1.807) is 0 Å². The highest BCUT2D eigenvalue weighted by Crippen LogP contribution is 2.18. The lowest BCUT2D eigenvalue weighted by Crippen LogP contribution is -2.08. The molecule has 1 heterocycles. The van der Waals surface area contributed by atoms with E-state index in [0.717, 1.165) is 0 Å². The van der Waals surface area contributed by atoms with Crippen LogP contribution in [0.25, 0.3) is 0 Å². The first-order valence-electron chi connectivity index (χ1n) is 5.70. The lowest BCUT2D eigenvalue weighted by molar-refractivity contribution is -0.384. The Morgan fingerprint density at radius 3 is 2.48 bits per heavy atom. The van der Waals surface area contributed by atoms with E-state index in [2.05, 4.69) is 4.98 Å². The van der Waals surface area contributed by atoms with Gasteiger partial charge < -0.3 is 4.74 Å². The fourth-order valence-electron chi connectivity index (χ4n) is 1.49. The van der Waals surface area contributed by atoms with Gasteiger partial charge in [-0.25, -0.2) is 9.78 Å². The minimum Gasteiger partial charge on any atom is -0.456 e. The number of benzene rings is 1. The summed E-state index contributed by atoms with van der Waals surface area (Å²) in [7, 11) is 0. The third kappa shape index (κ3) is 3.90. The molecule has 2 rings (SSSR count). The summed E-state index contributed by atoms with van der Waals surface area (Å²) in [6, 6.07) is 8.55. The molecule has 6 nitrogen and oxygen atoms in total. The maximum atomic E-state index is 11.8. The number of ether oxygens (including phenoxy) is 1. The van der Waals surface area contributed by atoms with E-state index in [-0.39, 0.29) is 28.2 Å². The third-order valence-corrected chi connectivity index (χ3v) is 3.04. The summed E-state index contributed by atoms with van der Waals surface area (Å²) in [6.45, 7) is -0.0542. The molecule has 1 aromatic carbocycles. The molecule has 2 aromatic rings. The van der Waals surface area contributed by atoms with Crippen LogP contribution in [0, 0.1) is 10.1 Å². The second-order valence-corrected chi connectivity index (χ2v) is 4.76. The van der Waals surface area contributed by atoms with Gasteiger partial charge in [0.15, 0.2) is 5.69 Å². The van der Waals surface area contributed by atoms with E-state index in [4.69, 9.17) is 27.9 Å². The highest BCUT2D eigenvalue weighted by Gasteiger charge is 2.15. The number of pyridine rings is 1. The Balaban J connectivity index is 2.04. The first-order valence-corrected chi connectivity index (χ1v) is 6.45. The number of hydrogen-bond acceptors (Lipinski definition) is 5. The van der Waals surface area contributed by atoms with E-state index in [1.807, 2.05) is 0 Å². The van der Waals surface area contributed by atoms with E-state index in [1.165, 1.54) is 36.4 Å². The molecule has 108 valence electrons. The number of carbonyl (C=O) groups is 1. The van der Waals surface area contributed by atoms with E-state index in [0.29, 0.717) is 5.56 Å². The van der Waals surface area contributed by atoms with Crippen LogP contribution in [0.3, 0.4) is 0 Å². The molecule has 0 spiro atoms. The van der Waals surface area contributed by atoms with Crippen molar-refractivity contribution in [3.8, 4) is 0 Å². The highest BCUT2D eigenvalue weighted by molar-refractivity contribution is 6.34. The molecule has 21 heavy (non-hydrogen) atoms. The number of aromatic nitrogens is 1. The molecule has 0 N–H and O–H groups in total. The summed E-state index contributed by atoms with van der Waals surface area (Å²) in [5.41, 5.74) is 0.489. The largest absolute Gasteiger partial charge is 0.456 e. The number of nitro groups is 1. The standard InChI is InChI=1S/C13H8Cl2N2O4/c14-10-5-6-11(15)16-12(10)13(18)21-7-8-1-3-9(4-2-8)17(19)20/h1-6H,7H2. The number of non-ortho nitro benzene ring substituents is 1. The smallest absolute Gasteiger partial charge is 0.358 e. The van der Waals surface area contributed by atoms with Crippen molar-refractivity contribution < 1.29 is 14.5 Å². The van der Waals surface area contributed by atoms with Crippen LogP contribution in [0.2, 0.25) is 10.2 Å². The van der Waals surface area contributed by atoms with E-state index >= 15 is 0 Å². The molecule has 0 aliphatic carbocycles. The molecular weight excluding hydrogens is 319 g/mol. The minimum atomic E-state index is -0.721. The second-order valence-electron chi connectivity index (χ2n) is 3.96. The molecule has 0 saturated heterocycles. The molecule has 8 heteroatoms. The monoisotopic (exact) mass is 326 g/mol. The molecule has 0 amide bonds. The predicted octanol–water partition coefficient (Wildman–Crippen LogP) is 3.65. The number of nitrogens with zero attached hydrogens (tertiary/aromatic N) is 2. The van der Waals surface area contributed by atoms with Crippen molar-refractivity contribution in [1.29, 1.82) is 0 Å². The third-order valence-electron chi connectivity index (χ3n) is 2.52. The first-order chi connectivity index (χ1) is 9.97. The Kier molecular flexibility index (Phi) is 4.72. The van der Waals surface area contributed by atoms with Gasteiger partial charge in [0.1, 0.15) is 11.8 Å². The first kappa shape index (κ1) is 15.2. The molecule has 0 aliphatic rings. The topological polar surface area (TPSA) is 82.3 Å². The van der Waals surface area contributed by atoms with E-state index in [9.17, 15) is 14.9 Å². The zero-order chi connectivity index (χ0) is 15.4. The van der Waals surface area contributed by atoms with Crippen molar-refractivity contribution in [2.24, 2.45) is 0 Å². The van der Waals surface area contributed by atoms with Gasteiger partial charge in [-0.15, -0.1) is 0 Å². The second kappa shape index (κ2) is 6.51. The van der Waals surface area contributed by atoms with Gasteiger partial charge in [-0.05, 0) is 29.8 Å². The van der Waals surface area contributed by atoms with Gasteiger partial charge in [0, 0.05) is 12.1 Å².